The Morgan fingerprint density at radius 1 is 0.829 bits per heavy atom. The molecule has 2 aromatic carbocycles. The molecular formula is C29H34F4O2. The van der Waals surface area contributed by atoms with Gasteiger partial charge in [-0.05, 0) is 56.4 Å². The molecule has 2 nitrogen and oxygen atoms in total. The summed E-state index contributed by atoms with van der Waals surface area (Å²) in [6.07, 6.45) is 7.64. The van der Waals surface area contributed by atoms with E-state index in [2.05, 4.69) is 13.5 Å². The molecule has 0 radical (unpaired) electrons. The molecule has 0 amide bonds. The smallest absolute Gasteiger partial charge is 0.167 e. The van der Waals surface area contributed by atoms with Crippen molar-refractivity contribution in [2.45, 2.75) is 70.5 Å². The van der Waals surface area contributed by atoms with Crippen LogP contribution in [0.1, 0.15) is 69.1 Å². The van der Waals surface area contributed by atoms with Gasteiger partial charge in [-0.15, -0.1) is 6.58 Å². The third-order valence-corrected chi connectivity index (χ3v) is 7.45. The van der Waals surface area contributed by atoms with Crippen LogP contribution in [0.25, 0.3) is 11.1 Å². The van der Waals surface area contributed by atoms with Gasteiger partial charge in [-0.2, -0.15) is 0 Å². The zero-order valence-electron chi connectivity index (χ0n) is 20.3. The van der Waals surface area contributed by atoms with Crippen LogP contribution in [0.15, 0.2) is 36.9 Å². The summed E-state index contributed by atoms with van der Waals surface area (Å²) >= 11 is 0. The predicted molar refractivity (Wildman–Crippen MR) is 129 cm³/mol. The quantitative estimate of drug-likeness (QED) is 0.275. The van der Waals surface area contributed by atoms with E-state index in [1.807, 2.05) is 6.08 Å². The molecule has 2 saturated heterocycles. The molecule has 6 heteroatoms. The van der Waals surface area contributed by atoms with E-state index >= 15 is 4.39 Å². The van der Waals surface area contributed by atoms with E-state index in [9.17, 15) is 13.2 Å². The van der Waals surface area contributed by atoms with E-state index in [1.165, 1.54) is 24.3 Å². The van der Waals surface area contributed by atoms with Gasteiger partial charge in [0.05, 0.1) is 25.4 Å². The van der Waals surface area contributed by atoms with Crippen molar-refractivity contribution in [1.82, 2.24) is 0 Å². The molecule has 0 bridgehead atoms. The monoisotopic (exact) mass is 490 g/mol. The second-order valence-electron chi connectivity index (χ2n) is 9.85. The third kappa shape index (κ3) is 5.80. The minimum Gasteiger partial charge on any atom is -0.378 e. The van der Waals surface area contributed by atoms with Crippen LogP contribution in [0.3, 0.4) is 0 Å². The lowest BCUT2D eigenvalue weighted by Gasteiger charge is -2.29. The van der Waals surface area contributed by atoms with Gasteiger partial charge in [-0.1, -0.05) is 43.7 Å². The summed E-state index contributed by atoms with van der Waals surface area (Å²) in [5.41, 5.74) is -0.246. The van der Waals surface area contributed by atoms with Gasteiger partial charge in [0.15, 0.2) is 23.3 Å². The van der Waals surface area contributed by atoms with Crippen LogP contribution in [0.4, 0.5) is 17.6 Å². The summed E-state index contributed by atoms with van der Waals surface area (Å²) in [5.74, 6) is -3.65. The fourth-order valence-corrected chi connectivity index (χ4v) is 5.26. The van der Waals surface area contributed by atoms with Crippen LogP contribution >= 0.6 is 0 Å². The van der Waals surface area contributed by atoms with E-state index in [0.29, 0.717) is 44.3 Å². The van der Waals surface area contributed by atoms with Gasteiger partial charge in [0, 0.05) is 22.6 Å². The first kappa shape index (κ1) is 25.9. The molecular weight excluding hydrogens is 456 g/mol. The molecule has 0 spiro atoms. The Balaban J connectivity index is 1.46. The van der Waals surface area contributed by atoms with E-state index in [-0.39, 0.29) is 28.4 Å². The number of hydrogen-bond acceptors (Lipinski definition) is 2. The van der Waals surface area contributed by atoms with Crippen molar-refractivity contribution in [1.29, 1.82) is 0 Å². The van der Waals surface area contributed by atoms with Gasteiger partial charge < -0.3 is 9.47 Å². The molecule has 2 fully saturated rings. The summed E-state index contributed by atoms with van der Waals surface area (Å²) in [4.78, 5) is 0. The molecule has 0 saturated carbocycles. The molecule has 4 atom stereocenters. The third-order valence-electron chi connectivity index (χ3n) is 7.45. The normalized spacial score (nSPS) is 24.9. The highest BCUT2D eigenvalue weighted by atomic mass is 19.2. The van der Waals surface area contributed by atoms with Crippen molar-refractivity contribution >= 4 is 0 Å². The number of hydrogen-bond donors (Lipinski definition) is 0. The van der Waals surface area contributed by atoms with Gasteiger partial charge in [-0.3, -0.25) is 0 Å². The average molecular weight is 491 g/mol. The number of ether oxygens (including phenoxy) is 2. The molecule has 0 aromatic heterocycles. The predicted octanol–water partition coefficient (Wildman–Crippen LogP) is 8.09. The summed E-state index contributed by atoms with van der Waals surface area (Å²) in [6, 6.07) is 5.53. The highest BCUT2D eigenvalue weighted by molar-refractivity contribution is 5.66. The number of aryl methyl sites for hydroxylation is 1. The zero-order valence-corrected chi connectivity index (χ0v) is 20.3. The molecule has 2 aliphatic rings. The van der Waals surface area contributed by atoms with Crippen LogP contribution in [0, 0.1) is 35.1 Å². The second-order valence-corrected chi connectivity index (χ2v) is 9.85. The molecule has 0 aliphatic carbocycles. The van der Waals surface area contributed by atoms with Crippen LogP contribution in [-0.2, 0) is 15.9 Å². The van der Waals surface area contributed by atoms with Crippen LogP contribution in [-0.4, -0.2) is 19.3 Å². The summed E-state index contributed by atoms with van der Waals surface area (Å²) in [7, 11) is 0. The molecule has 190 valence electrons. The molecule has 2 aromatic rings. The fourth-order valence-electron chi connectivity index (χ4n) is 5.26. The van der Waals surface area contributed by atoms with E-state index < -0.39 is 29.4 Å². The first-order chi connectivity index (χ1) is 16.9. The molecule has 4 unspecified atom stereocenters. The Hall–Kier alpha value is -2.18. The van der Waals surface area contributed by atoms with E-state index in [0.717, 1.165) is 32.1 Å². The highest BCUT2D eigenvalue weighted by Crippen LogP contribution is 2.37. The Labute approximate surface area is 205 Å². The average Bonchev–Trinajstić information content (AvgIpc) is 2.88. The lowest BCUT2D eigenvalue weighted by Crippen LogP contribution is -2.25. The van der Waals surface area contributed by atoms with Crippen LogP contribution in [0.5, 0.6) is 0 Å². The standard InChI is InChI=1S/C29H34F4O2/c1-3-5-19-7-15-25(35-17-19)24-14-13-23(28(32)29(24)33)22-12-9-20(26(30)27(22)31)8-11-21-10-6-18(4-2)16-34-21/h4,9,12-14,18-19,21,25H,2-3,5-8,10-11,15-17H2,1H3. The van der Waals surface area contributed by atoms with Gasteiger partial charge >= 0.3 is 0 Å². The van der Waals surface area contributed by atoms with E-state index in [4.69, 9.17) is 9.47 Å². The van der Waals surface area contributed by atoms with Crippen molar-refractivity contribution < 1.29 is 27.0 Å². The lowest BCUT2D eigenvalue weighted by atomic mass is 9.90. The lowest BCUT2D eigenvalue weighted by molar-refractivity contribution is -0.0214. The minimum atomic E-state index is -1.18. The molecule has 35 heavy (non-hydrogen) atoms. The molecule has 2 heterocycles. The fraction of sp³-hybridized carbons (Fsp3) is 0.517. The van der Waals surface area contributed by atoms with Gasteiger partial charge in [0.25, 0.3) is 0 Å². The Bertz CT molecular complexity index is 1020. The number of rotatable bonds is 8. The van der Waals surface area contributed by atoms with Gasteiger partial charge in [0.1, 0.15) is 0 Å². The van der Waals surface area contributed by atoms with E-state index in [1.54, 1.807) is 0 Å². The molecule has 0 N–H and O–H groups in total. The Morgan fingerprint density at radius 3 is 2.20 bits per heavy atom. The zero-order chi connectivity index (χ0) is 24.9. The maximum atomic E-state index is 15.0. The largest absolute Gasteiger partial charge is 0.378 e. The SMILES string of the molecule is C=CC1CCC(CCc2ccc(-c3ccc(C4CCC(CCC)CO4)c(F)c3F)c(F)c2F)OC1. The second kappa shape index (κ2) is 11.7. The summed E-state index contributed by atoms with van der Waals surface area (Å²) in [5, 5.41) is 0. The summed E-state index contributed by atoms with van der Waals surface area (Å²) in [6.45, 7) is 7.00. The first-order valence-corrected chi connectivity index (χ1v) is 12.7. The maximum Gasteiger partial charge on any atom is 0.167 e. The Morgan fingerprint density at radius 2 is 1.57 bits per heavy atom. The van der Waals surface area contributed by atoms with Crippen LogP contribution < -0.4 is 0 Å². The van der Waals surface area contributed by atoms with Crippen molar-refractivity contribution in [2.24, 2.45) is 11.8 Å². The molecule has 4 rings (SSSR count). The highest BCUT2D eigenvalue weighted by Gasteiger charge is 2.28. The summed E-state index contributed by atoms with van der Waals surface area (Å²) < 4.78 is 71.4. The van der Waals surface area contributed by atoms with Crippen molar-refractivity contribution in [3.05, 3.63) is 71.3 Å². The number of benzene rings is 2. The van der Waals surface area contributed by atoms with Crippen molar-refractivity contribution in [3.8, 4) is 11.1 Å². The van der Waals surface area contributed by atoms with Crippen LogP contribution in [0.2, 0.25) is 0 Å². The number of halogens is 4. The Kier molecular flexibility index (Phi) is 8.66. The minimum absolute atomic E-state index is 0.00770. The molecule has 2 aliphatic heterocycles. The van der Waals surface area contributed by atoms with Crippen molar-refractivity contribution in [2.75, 3.05) is 13.2 Å². The van der Waals surface area contributed by atoms with Gasteiger partial charge in [-0.25, -0.2) is 17.6 Å². The maximum absolute atomic E-state index is 15.0. The van der Waals surface area contributed by atoms with Crippen molar-refractivity contribution in [3.63, 3.8) is 0 Å². The topological polar surface area (TPSA) is 18.5 Å². The van der Waals surface area contributed by atoms with Gasteiger partial charge in [0.2, 0.25) is 0 Å². The first-order valence-electron chi connectivity index (χ1n) is 12.7.